The molecule has 0 bridgehead atoms. The minimum Gasteiger partial charge on any atom is -0.342 e. The van der Waals surface area contributed by atoms with Crippen LogP contribution in [0.3, 0.4) is 0 Å². The van der Waals surface area contributed by atoms with E-state index in [1.165, 1.54) is 19.3 Å². The fourth-order valence-electron chi connectivity index (χ4n) is 3.34. The Kier molecular flexibility index (Phi) is 4.43. The van der Waals surface area contributed by atoms with Gasteiger partial charge in [0.15, 0.2) is 0 Å². The van der Waals surface area contributed by atoms with Crippen molar-refractivity contribution in [3.8, 4) is 0 Å². The van der Waals surface area contributed by atoms with E-state index in [2.05, 4.69) is 24.1 Å². The third-order valence-corrected chi connectivity index (χ3v) is 4.08. The summed E-state index contributed by atoms with van der Waals surface area (Å²) in [5.41, 5.74) is 0. The molecule has 0 spiro atoms. The maximum atomic E-state index is 12.3. The first kappa shape index (κ1) is 12.9. The molecule has 0 aromatic heterocycles. The van der Waals surface area contributed by atoms with Crippen LogP contribution >= 0.6 is 0 Å². The Balaban J connectivity index is 1.81. The summed E-state index contributed by atoms with van der Waals surface area (Å²) in [5, 5.41) is 3.39. The zero-order chi connectivity index (χ0) is 12.3. The molecule has 2 saturated heterocycles. The highest BCUT2D eigenvalue weighted by Crippen LogP contribution is 2.23. The lowest BCUT2D eigenvalue weighted by molar-refractivity contribution is -0.135. The van der Waals surface area contributed by atoms with Gasteiger partial charge in [0.05, 0.1) is 0 Å². The fourth-order valence-corrected chi connectivity index (χ4v) is 3.34. The summed E-state index contributed by atoms with van der Waals surface area (Å²) >= 11 is 0. The van der Waals surface area contributed by atoms with E-state index in [-0.39, 0.29) is 0 Å². The molecule has 0 aliphatic carbocycles. The highest BCUT2D eigenvalue weighted by Gasteiger charge is 2.27. The maximum Gasteiger partial charge on any atom is 0.222 e. The molecule has 0 aromatic rings. The van der Waals surface area contributed by atoms with Crippen LogP contribution in [0, 0.1) is 17.8 Å². The topological polar surface area (TPSA) is 32.3 Å². The first-order chi connectivity index (χ1) is 8.15. The van der Waals surface area contributed by atoms with Crippen LogP contribution in [0.5, 0.6) is 0 Å². The van der Waals surface area contributed by atoms with Crippen molar-refractivity contribution < 1.29 is 4.79 Å². The van der Waals surface area contributed by atoms with Crippen molar-refractivity contribution in [2.75, 3.05) is 26.2 Å². The number of likely N-dealkylation sites (tertiary alicyclic amines) is 1. The molecule has 0 saturated carbocycles. The van der Waals surface area contributed by atoms with E-state index in [0.29, 0.717) is 23.7 Å². The van der Waals surface area contributed by atoms with Crippen molar-refractivity contribution in [2.24, 2.45) is 17.8 Å². The van der Waals surface area contributed by atoms with Gasteiger partial charge >= 0.3 is 0 Å². The molecule has 17 heavy (non-hydrogen) atoms. The Labute approximate surface area is 105 Å². The normalized spacial score (nSPS) is 34.7. The summed E-state index contributed by atoms with van der Waals surface area (Å²) in [4.78, 5) is 14.4. The van der Waals surface area contributed by atoms with Gasteiger partial charge < -0.3 is 10.2 Å². The third-order valence-electron chi connectivity index (χ3n) is 4.08. The second kappa shape index (κ2) is 5.85. The number of hydrogen-bond acceptors (Lipinski definition) is 2. The largest absolute Gasteiger partial charge is 0.342 e. The number of hydrogen-bond donors (Lipinski definition) is 1. The molecule has 2 aliphatic rings. The number of rotatable bonds is 2. The van der Waals surface area contributed by atoms with E-state index >= 15 is 0 Å². The van der Waals surface area contributed by atoms with E-state index in [1.54, 1.807) is 0 Å². The summed E-state index contributed by atoms with van der Waals surface area (Å²) in [6.45, 7) is 8.63. The Morgan fingerprint density at radius 1 is 1.29 bits per heavy atom. The number of carbonyl (C=O) groups excluding carboxylic acids is 1. The van der Waals surface area contributed by atoms with Gasteiger partial charge in [-0.05, 0) is 50.1 Å². The minimum atomic E-state index is 0.386. The molecule has 3 heteroatoms. The monoisotopic (exact) mass is 238 g/mol. The Hall–Kier alpha value is -0.570. The number of carbonyl (C=O) groups is 1. The maximum absolute atomic E-state index is 12.3. The molecular weight excluding hydrogens is 212 g/mol. The van der Waals surface area contributed by atoms with Gasteiger partial charge in [0.2, 0.25) is 5.91 Å². The summed E-state index contributed by atoms with van der Waals surface area (Å²) in [7, 11) is 0. The zero-order valence-electron chi connectivity index (χ0n) is 11.2. The van der Waals surface area contributed by atoms with Crippen LogP contribution in [0.4, 0.5) is 0 Å². The number of amides is 1. The van der Waals surface area contributed by atoms with Crippen molar-refractivity contribution >= 4 is 5.91 Å². The molecule has 2 fully saturated rings. The second-order valence-corrected chi connectivity index (χ2v) is 6.16. The molecular formula is C14H26N2O. The molecule has 1 N–H and O–H groups in total. The van der Waals surface area contributed by atoms with Crippen LogP contribution in [0.25, 0.3) is 0 Å². The highest BCUT2D eigenvalue weighted by molar-refractivity contribution is 5.76. The van der Waals surface area contributed by atoms with Gasteiger partial charge in [-0.15, -0.1) is 0 Å². The molecule has 2 aliphatic heterocycles. The van der Waals surface area contributed by atoms with Crippen LogP contribution in [0.2, 0.25) is 0 Å². The lowest BCUT2D eigenvalue weighted by Gasteiger charge is -2.36. The van der Waals surface area contributed by atoms with Gasteiger partial charge in [-0.3, -0.25) is 4.79 Å². The van der Waals surface area contributed by atoms with E-state index in [9.17, 15) is 4.79 Å². The molecule has 3 nitrogen and oxygen atoms in total. The quantitative estimate of drug-likeness (QED) is 0.796. The molecule has 2 heterocycles. The fraction of sp³-hybridized carbons (Fsp3) is 0.929. The lowest BCUT2D eigenvalue weighted by atomic mass is 9.90. The first-order valence-electron chi connectivity index (χ1n) is 7.13. The van der Waals surface area contributed by atoms with Gasteiger partial charge in [-0.1, -0.05) is 13.8 Å². The van der Waals surface area contributed by atoms with Gasteiger partial charge in [0.1, 0.15) is 0 Å². The van der Waals surface area contributed by atoms with Crippen molar-refractivity contribution in [2.45, 2.75) is 39.5 Å². The second-order valence-electron chi connectivity index (χ2n) is 6.16. The van der Waals surface area contributed by atoms with E-state index in [0.717, 1.165) is 32.6 Å². The van der Waals surface area contributed by atoms with Crippen molar-refractivity contribution in [3.05, 3.63) is 0 Å². The van der Waals surface area contributed by atoms with E-state index in [4.69, 9.17) is 0 Å². The average Bonchev–Trinajstić information content (AvgIpc) is 2.29. The molecule has 3 atom stereocenters. The van der Waals surface area contributed by atoms with Crippen LogP contribution in [-0.2, 0) is 4.79 Å². The van der Waals surface area contributed by atoms with E-state index in [1.807, 2.05) is 0 Å². The summed E-state index contributed by atoms with van der Waals surface area (Å²) < 4.78 is 0. The molecule has 0 aromatic carbocycles. The average molecular weight is 238 g/mol. The Morgan fingerprint density at radius 3 is 2.59 bits per heavy atom. The number of nitrogens with zero attached hydrogens (tertiary/aromatic N) is 1. The van der Waals surface area contributed by atoms with Crippen molar-refractivity contribution in [1.82, 2.24) is 10.2 Å². The Morgan fingerprint density at radius 2 is 2.00 bits per heavy atom. The van der Waals surface area contributed by atoms with Crippen LogP contribution in [0.15, 0.2) is 0 Å². The standard InChI is InChI=1S/C14H26N2O/c1-11-6-12(2)10-16(9-11)14(17)7-13-4-3-5-15-8-13/h11-13,15H,3-10H2,1-2H3. The zero-order valence-corrected chi connectivity index (χ0v) is 11.2. The minimum absolute atomic E-state index is 0.386. The van der Waals surface area contributed by atoms with Crippen molar-refractivity contribution in [3.63, 3.8) is 0 Å². The Bertz CT molecular complexity index is 251. The third kappa shape index (κ3) is 3.70. The van der Waals surface area contributed by atoms with Crippen LogP contribution in [0.1, 0.15) is 39.5 Å². The van der Waals surface area contributed by atoms with Gasteiger partial charge in [0.25, 0.3) is 0 Å². The van der Waals surface area contributed by atoms with Gasteiger partial charge in [0, 0.05) is 19.5 Å². The number of piperidine rings is 2. The highest BCUT2D eigenvalue weighted by atomic mass is 16.2. The molecule has 1 amide bonds. The SMILES string of the molecule is CC1CC(C)CN(C(=O)CC2CCCNC2)C1. The lowest BCUT2D eigenvalue weighted by Crippen LogP contribution is -2.44. The van der Waals surface area contributed by atoms with Crippen LogP contribution in [-0.4, -0.2) is 37.0 Å². The summed E-state index contributed by atoms with van der Waals surface area (Å²) in [6, 6.07) is 0. The molecule has 98 valence electrons. The summed E-state index contributed by atoms with van der Waals surface area (Å²) in [5.74, 6) is 2.31. The molecule has 0 radical (unpaired) electrons. The smallest absolute Gasteiger partial charge is 0.222 e. The number of nitrogens with one attached hydrogen (secondary N) is 1. The van der Waals surface area contributed by atoms with Crippen molar-refractivity contribution in [1.29, 1.82) is 0 Å². The molecule has 2 rings (SSSR count). The van der Waals surface area contributed by atoms with Crippen LogP contribution < -0.4 is 5.32 Å². The van der Waals surface area contributed by atoms with Gasteiger partial charge in [-0.2, -0.15) is 0 Å². The van der Waals surface area contributed by atoms with Gasteiger partial charge in [-0.25, -0.2) is 0 Å². The van der Waals surface area contributed by atoms with E-state index < -0.39 is 0 Å². The predicted molar refractivity (Wildman–Crippen MR) is 69.7 cm³/mol. The molecule has 3 unspecified atom stereocenters. The summed E-state index contributed by atoms with van der Waals surface area (Å²) in [6.07, 6.45) is 4.48. The first-order valence-corrected chi connectivity index (χ1v) is 7.13. The predicted octanol–water partition coefficient (Wildman–Crippen LogP) is 1.88.